The van der Waals surface area contributed by atoms with Crippen LogP contribution in [0, 0.1) is 0 Å². The van der Waals surface area contributed by atoms with Gasteiger partial charge in [0.1, 0.15) is 12.1 Å². The third kappa shape index (κ3) is 3.05. The summed E-state index contributed by atoms with van der Waals surface area (Å²) in [5.74, 6) is 0.281. The van der Waals surface area contributed by atoms with Crippen LogP contribution in [0.1, 0.15) is 15.9 Å². The van der Waals surface area contributed by atoms with Crippen LogP contribution >= 0.6 is 11.8 Å². The largest absolute Gasteiger partial charge is 0.496 e. The van der Waals surface area contributed by atoms with Gasteiger partial charge in [-0.15, -0.1) is 0 Å². The summed E-state index contributed by atoms with van der Waals surface area (Å²) in [5, 5.41) is 13.7. The summed E-state index contributed by atoms with van der Waals surface area (Å²) in [5.41, 5.74) is 1.06. The quantitative estimate of drug-likeness (QED) is 0.841. The lowest BCUT2D eigenvalue weighted by Crippen LogP contribution is -2.00. The van der Waals surface area contributed by atoms with Crippen molar-refractivity contribution in [3.05, 3.63) is 35.7 Å². The first-order valence-corrected chi connectivity index (χ1v) is 6.47. The zero-order valence-electron chi connectivity index (χ0n) is 10.5. The first-order chi connectivity index (χ1) is 9.11. The van der Waals surface area contributed by atoms with E-state index in [0.717, 1.165) is 10.7 Å². The van der Waals surface area contributed by atoms with Crippen LogP contribution in [-0.2, 0) is 12.8 Å². The van der Waals surface area contributed by atoms with Gasteiger partial charge in [0.2, 0.25) is 0 Å². The fourth-order valence-electron chi connectivity index (χ4n) is 1.58. The molecule has 2 rings (SSSR count). The third-order valence-electron chi connectivity index (χ3n) is 2.55. The van der Waals surface area contributed by atoms with Crippen molar-refractivity contribution in [1.82, 2.24) is 14.8 Å². The Labute approximate surface area is 114 Å². The number of hydrogen-bond donors (Lipinski definition) is 1. The van der Waals surface area contributed by atoms with Crippen molar-refractivity contribution in [2.75, 3.05) is 7.11 Å². The number of aryl methyl sites for hydroxylation is 1. The number of aromatic carboxylic acids is 1. The fraction of sp³-hybridized carbons (Fsp3) is 0.250. The molecule has 0 bridgehead atoms. The molecule has 0 radical (unpaired) electrons. The number of nitrogens with zero attached hydrogens (tertiary/aromatic N) is 3. The van der Waals surface area contributed by atoms with Gasteiger partial charge in [0, 0.05) is 18.4 Å². The van der Waals surface area contributed by atoms with Crippen LogP contribution in [0.25, 0.3) is 0 Å². The number of carboxylic acid groups (broad SMARTS) is 1. The monoisotopic (exact) mass is 279 g/mol. The lowest BCUT2D eigenvalue weighted by atomic mass is 10.1. The number of thioether (sulfide) groups is 1. The van der Waals surface area contributed by atoms with Crippen molar-refractivity contribution >= 4 is 17.7 Å². The van der Waals surface area contributed by atoms with Crippen molar-refractivity contribution in [2.45, 2.75) is 10.9 Å². The number of hydrogen-bond acceptors (Lipinski definition) is 5. The molecule has 2 aromatic rings. The molecular formula is C12H13N3O3S. The molecule has 0 saturated carbocycles. The third-order valence-corrected chi connectivity index (χ3v) is 3.64. The Bertz CT molecular complexity index is 598. The van der Waals surface area contributed by atoms with E-state index in [4.69, 9.17) is 9.84 Å². The molecule has 1 N–H and O–H groups in total. The van der Waals surface area contributed by atoms with Crippen LogP contribution < -0.4 is 4.74 Å². The van der Waals surface area contributed by atoms with E-state index in [1.807, 2.05) is 0 Å². The van der Waals surface area contributed by atoms with E-state index < -0.39 is 5.97 Å². The van der Waals surface area contributed by atoms with E-state index in [0.29, 0.717) is 11.5 Å². The summed E-state index contributed by atoms with van der Waals surface area (Å²) in [7, 11) is 3.37. The Morgan fingerprint density at radius 2 is 2.32 bits per heavy atom. The van der Waals surface area contributed by atoms with E-state index in [1.165, 1.54) is 24.2 Å². The van der Waals surface area contributed by atoms with Crippen LogP contribution in [0.4, 0.5) is 0 Å². The maximum absolute atomic E-state index is 11.0. The summed E-state index contributed by atoms with van der Waals surface area (Å²) >= 11 is 1.47. The Balaban J connectivity index is 2.20. The van der Waals surface area contributed by atoms with Crippen molar-refractivity contribution in [3.8, 4) is 5.75 Å². The number of ether oxygens (including phenoxy) is 1. The summed E-state index contributed by atoms with van der Waals surface area (Å²) in [6.45, 7) is 0. The van der Waals surface area contributed by atoms with Crippen LogP contribution in [0.5, 0.6) is 5.75 Å². The topological polar surface area (TPSA) is 77.2 Å². The van der Waals surface area contributed by atoms with Crippen molar-refractivity contribution in [3.63, 3.8) is 0 Å². The predicted molar refractivity (Wildman–Crippen MR) is 70.5 cm³/mol. The Kier molecular flexibility index (Phi) is 4.06. The Morgan fingerprint density at radius 3 is 2.89 bits per heavy atom. The van der Waals surface area contributed by atoms with Gasteiger partial charge < -0.3 is 9.84 Å². The fourth-order valence-corrected chi connectivity index (χ4v) is 2.45. The standard InChI is InChI=1S/C12H13N3O3S/c1-15-12(13-7-14-15)19-6-9-5-8(11(16)17)3-4-10(9)18-2/h3-5,7H,6H2,1-2H3,(H,16,17). The molecule has 19 heavy (non-hydrogen) atoms. The van der Waals surface area contributed by atoms with Crippen molar-refractivity contribution in [1.29, 1.82) is 0 Å². The molecule has 0 atom stereocenters. The summed E-state index contributed by atoms with van der Waals surface area (Å²) in [6, 6.07) is 4.80. The van der Waals surface area contributed by atoms with Gasteiger partial charge in [-0.2, -0.15) is 5.10 Å². The highest BCUT2D eigenvalue weighted by Gasteiger charge is 2.10. The highest BCUT2D eigenvalue weighted by atomic mass is 32.2. The minimum absolute atomic E-state index is 0.245. The first kappa shape index (κ1) is 13.4. The summed E-state index contributed by atoms with van der Waals surface area (Å²) in [4.78, 5) is 15.1. The molecule has 0 aliphatic heterocycles. The average molecular weight is 279 g/mol. The minimum atomic E-state index is -0.951. The molecule has 0 aliphatic carbocycles. The summed E-state index contributed by atoms with van der Waals surface area (Å²) in [6.07, 6.45) is 1.48. The number of aromatic nitrogens is 3. The molecule has 7 heteroatoms. The highest BCUT2D eigenvalue weighted by Crippen LogP contribution is 2.27. The van der Waals surface area contributed by atoms with Crippen LogP contribution in [-0.4, -0.2) is 33.0 Å². The molecule has 0 unspecified atom stereocenters. The average Bonchev–Trinajstić information content (AvgIpc) is 2.81. The second kappa shape index (κ2) is 5.75. The van der Waals surface area contributed by atoms with E-state index in [1.54, 1.807) is 31.0 Å². The van der Waals surface area contributed by atoms with Gasteiger partial charge in [0.25, 0.3) is 0 Å². The number of methoxy groups -OCH3 is 1. The maximum Gasteiger partial charge on any atom is 0.335 e. The molecule has 0 aliphatic rings. The molecule has 0 amide bonds. The molecule has 0 spiro atoms. The van der Waals surface area contributed by atoms with E-state index in [2.05, 4.69) is 10.1 Å². The number of carbonyl (C=O) groups is 1. The number of benzene rings is 1. The van der Waals surface area contributed by atoms with Gasteiger partial charge in [0.05, 0.1) is 12.7 Å². The normalized spacial score (nSPS) is 10.4. The maximum atomic E-state index is 11.0. The molecule has 1 aromatic carbocycles. The number of carboxylic acids is 1. The highest BCUT2D eigenvalue weighted by molar-refractivity contribution is 7.98. The van der Waals surface area contributed by atoms with Crippen molar-refractivity contribution < 1.29 is 14.6 Å². The molecule has 1 heterocycles. The van der Waals surface area contributed by atoms with E-state index in [-0.39, 0.29) is 5.56 Å². The van der Waals surface area contributed by atoms with Crippen LogP contribution in [0.2, 0.25) is 0 Å². The minimum Gasteiger partial charge on any atom is -0.496 e. The lowest BCUT2D eigenvalue weighted by molar-refractivity contribution is 0.0696. The Morgan fingerprint density at radius 1 is 1.53 bits per heavy atom. The van der Waals surface area contributed by atoms with Gasteiger partial charge >= 0.3 is 5.97 Å². The predicted octanol–water partition coefficient (Wildman–Crippen LogP) is 1.81. The number of rotatable bonds is 5. The Hall–Kier alpha value is -2.02. The van der Waals surface area contributed by atoms with Gasteiger partial charge in [-0.05, 0) is 18.2 Å². The van der Waals surface area contributed by atoms with Gasteiger partial charge in [-0.25, -0.2) is 14.5 Å². The smallest absolute Gasteiger partial charge is 0.335 e. The zero-order valence-corrected chi connectivity index (χ0v) is 11.3. The summed E-state index contributed by atoms with van der Waals surface area (Å²) < 4.78 is 6.90. The second-order valence-corrected chi connectivity index (χ2v) is 4.73. The zero-order chi connectivity index (χ0) is 13.8. The molecule has 0 saturated heterocycles. The van der Waals surface area contributed by atoms with Crippen LogP contribution in [0.15, 0.2) is 29.7 Å². The molecule has 100 valence electrons. The first-order valence-electron chi connectivity index (χ1n) is 5.49. The second-order valence-electron chi connectivity index (χ2n) is 3.79. The molecule has 1 aromatic heterocycles. The van der Waals surface area contributed by atoms with Gasteiger partial charge in [-0.1, -0.05) is 11.8 Å². The van der Waals surface area contributed by atoms with E-state index in [9.17, 15) is 4.79 Å². The lowest BCUT2D eigenvalue weighted by Gasteiger charge is -2.08. The molecule has 0 fully saturated rings. The van der Waals surface area contributed by atoms with Crippen molar-refractivity contribution in [2.24, 2.45) is 7.05 Å². The molecule has 6 nitrogen and oxygen atoms in total. The van der Waals surface area contributed by atoms with Crippen LogP contribution in [0.3, 0.4) is 0 Å². The van der Waals surface area contributed by atoms with Gasteiger partial charge in [-0.3, -0.25) is 0 Å². The van der Waals surface area contributed by atoms with Gasteiger partial charge in [0.15, 0.2) is 5.16 Å². The molecular weight excluding hydrogens is 266 g/mol. The SMILES string of the molecule is COc1ccc(C(=O)O)cc1CSc1ncnn1C. The van der Waals surface area contributed by atoms with E-state index >= 15 is 0 Å².